The maximum absolute atomic E-state index is 15.1. The number of aliphatic hydroxyl groups excluding tert-OH is 1. The van der Waals surface area contributed by atoms with Crippen LogP contribution in [-0.2, 0) is 32.7 Å². The highest BCUT2D eigenvalue weighted by Gasteiger charge is 2.63. The van der Waals surface area contributed by atoms with Gasteiger partial charge < -0.3 is 43.7 Å². The number of hydrogen-bond donors (Lipinski definition) is 4. The van der Waals surface area contributed by atoms with Gasteiger partial charge in [0.15, 0.2) is 46.3 Å². The summed E-state index contributed by atoms with van der Waals surface area (Å²) in [5.74, 6) is 0.549. The topological polar surface area (TPSA) is 169 Å². The summed E-state index contributed by atoms with van der Waals surface area (Å²) in [4.78, 5) is 31.9. The number of nitrogens with one attached hydrogen (secondary N) is 1. The van der Waals surface area contributed by atoms with Crippen LogP contribution in [0.4, 0.5) is 0 Å². The molecule has 0 saturated carbocycles. The maximum Gasteiger partial charge on any atom is 0.333 e. The van der Waals surface area contributed by atoms with Gasteiger partial charge in [-0.3, -0.25) is 15.0 Å². The molecule has 0 aromatic heterocycles. The van der Waals surface area contributed by atoms with E-state index in [1.165, 1.54) is 32.9 Å². The maximum atomic E-state index is 15.1. The predicted molar refractivity (Wildman–Crippen MR) is 190 cm³/mol. The standard InChI is InChI=1S/C38H41N3O11S/c1-15-9-19-10-21-35(45)41-28(27(40(21)4)24(19)29(44)30(15)48-6)34-25-26(33-32(49-14-50-33)16(2)31(25)51-17(3)42)36(41)52-37(46)38(13-53-34)20-12-23(47-5)22(43)11-18(20)7-8-39-38/h9,11-12,21,27-28,34-36,39,43-45H,7-8,10,13-14H2,1-6H3/t21-,27+,28-,34-,35+,36-,38-/m1/s1. The number of aromatic hydroxyl groups is 2. The zero-order chi connectivity index (χ0) is 37.2. The first kappa shape index (κ1) is 34.4. The van der Waals surface area contributed by atoms with Gasteiger partial charge in [-0.2, -0.15) is 0 Å². The van der Waals surface area contributed by atoms with Crippen molar-refractivity contribution in [3.63, 3.8) is 0 Å². The Kier molecular flexibility index (Phi) is 7.81. The quantitative estimate of drug-likeness (QED) is 0.227. The van der Waals surface area contributed by atoms with Crippen LogP contribution < -0.4 is 29.0 Å². The van der Waals surface area contributed by atoms with Crippen molar-refractivity contribution in [3.8, 4) is 40.2 Å². The molecule has 10 rings (SSSR count). The van der Waals surface area contributed by atoms with Gasteiger partial charge in [-0.15, -0.1) is 11.8 Å². The number of thioether (sulfide) groups is 1. The van der Waals surface area contributed by atoms with Crippen LogP contribution in [0.3, 0.4) is 0 Å². The van der Waals surface area contributed by atoms with E-state index in [9.17, 15) is 20.1 Å². The number of hydrogen-bond acceptors (Lipinski definition) is 15. The lowest BCUT2D eigenvalue weighted by Gasteiger charge is -2.60. The fourth-order valence-corrected chi connectivity index (χ4v) is 11.4. The number of likely N-dealkylation sites (N-methyl/N-ethyl adjacent to an activating group) is 1. The molecular weight excluding hydrogens is 706 g/mol. The molecule has 0 radical (unpaired) electrons. The summed E-state index contributed by atoms with van der Waals surface area (Å²) in [6.07, 6.45) is -1.44. The highest BCUT2D eigenvalue weighted by molar-refractivity contribution is 7.99. The molecular formula is C38H41N3O11S. The van der Waals surface area contributed by atoms with Crippen LogP contribution >= 0.6 is 11.8 Å². The third kappa shape index (κ3) is 4.60. The smallest absolute Gasteiger partial charge is 0.333 e. The average molecular weight is 748 g/mol. The molecule has 7 heterocycles. The molecule has 15 heteroatoms. The number of fused-ring (bicyclic) bond motifs is 8. The summed E-state index contributed by atoms with van der Waals surface area (Å²) in [5.41, 5.74) is 3.87. The number of nitrogens with zero attached hydrogens (tertiary/aromatic N) is 2. The normalized spacial score (nSPS) is 29.5. The van der Waals surface area contributed by atoms with Gasteiger partial charge in [0, 0.05) is 35.9 Å². The van der Waals surface area contributed by atoms with E-state index in [1.807, 2.05) is 24.9 Å². The minimum Gasteiger partial charge on any atom is -0.504 e. The van der Waals surface area contributed by atoms with E-state index in [2.05, 4.69) is 10.2 Å². The molecule has 0 amide bonds. The summed E-state index contributed by atoms with van der Waals surface area (Å²) in [5, 5.41) is 38.1. The fraction of sp³-hybridized carbons (Fsp3) is 0.474. The number of phenolic OH excluding ortho intramolecular Hbond substituents is 2. The van der Waals surface area contributed by atoms with Crippen LogP contribution in [0.2, 0.25) is 0 Å². The minimum absolute atomic E-state index is 0.0143. The molecule has 53 heavy (non-hydrogen) atoms. The second kappa shape index (κ2) is 12.0. The summed E-state index contributed by atoms with van der Waals surface area (Å²) in [7, 11) is 4.91. The Bertz CT molecular complexity index is 2110. The number of carbonyl (C=O) groups is 2. The number of aryl methyl sites for hydroxylation is 1. The number of esters is 2. The molecule has 3 aromatic rings. The van der Waals surface area contributed by atoms with E-state index in [0.717, 1.165) is 16.7 Å². The zero-order valence-electron chi connectivity index (χ0n) is 30.1. The van der Waals surface area contributed by atoms with Crippen LogP contribution in [0.5, 0.6) is 40.2 Å². The van der Waals surface area contributed by atoms with E-state index in [1.54, 1.807) is 19.1 Å². The lowest BCUT2D eigenvalue weighted by Crippen LogP contribution is -2.69. The number of benzene rings is 3. The SMILES string of the molecule is COc1cc2c(cc1O)CCN[C@]21CS[C@@H]2c3c(OC(C)=O)c(C)c4c(c3[C@@H](OC1=O)N1[C@@H]2[C@@H]2c3c(cc(C)c(OC)c3O)C[C@H]([C@@H]1O)N2C)OCO4. The van der Waals surface area contributed by atoms with Crippen LogP contribution in [0.1, 0.15) is 69.0 Å². The molecule has 280 valence electrons. The monoisotopic (exact) mass is 747 g/mol. The molecule has 2 fully saturated rings. The van der Waals surface area contributed by atoms with E-state index in [4.69, 9.17) is 28.4 Å². The van der Waals surface area contributed by atoms with Gasteiger partial charge in [-0.05, 0) is 68.1 Å². The van der Waals surface area contributed by atoms with Crippen molar-refractivity contribution < 1.29 is 53.3 Å². The Balaban J connectivity index is 1.33. The van der Waals surface area contributed by atoms with Crippen molar-refractivity contribution >= 4 is 23.7 Å². The first-order valence-corrected chi connectivity index (χ1v) is 18.7. The summed E-state index contributed by atoms with van der Waals surface area (Å²) >= 11 is 1.46. The average Bonchev–Trinajstić information content (AvgIpc) is 3.63. The molecule has 0 unspecified atom stereocenters. The third-order valence-electron chi connectivity index (χ3n) is 11.9. The van der Waals surface area contributed by atoms with Crippen molar-refractivity contribution in [1.82, 2.24) is 15.1 Å². The Morgan fingerprint density at radius 2 is 1.81 bits per heavy atom. The number of methoxy groups -OCH3 is 2. The van der Waals surface area contributed by atoms with Crippen molar-refractivity contribution in [3.05, 3.63) is 62.7 Å². The Hall–Kier alpha value is -4.41. The second-order valence-corrected chi connectivity index (χ2v) is 15.7. The number of piperazine rings is 1. The molecule has 7 aliphatic heterocycles. The van der Waals surface area contributed by atoms with Crippen LogP contribution in [0, 0.1) is 13.8 Å². The predicted octanol–water partition coefficient (Wildman–Crippen LogP) is 3.37. The van der Waals surface area contributed by atoms with Crippen molar-refractivity contribution in [2.75, 3.05) is 40.4 Å². The molecule has 4 N–H and O–H groups in total. The van der Waals surface area contributed by atoms with Crippen LogP contribution in [-0.4, -0.2) is 95.7 Å². The van der Waals surface area contributed by atoms with Gasteiger partial charge >= 0.3 is 11.9 Å². The highest BCUT2D eigenvalue weighted by atomic mass is 32.2. The van der Waals surface area contributed by atoms with Crippen LogP contribution in [0.25, 0.3) is 0 Å². The molecule has 4 bridgehead atoms. The fourth-order valence-electron chi connectivity index (χ4n) is 9.69. The first-order valence-electron chi connectivity index (χ1n) is 17.6. The van der Waals surface area contributed by atoms with Gasteiger partial charge in [0.05, 0.1) is 43.2 Å². The number of rotatable bonds is 3. The van der Waals surface area contributed by atoms with Crippen molar-refractivity contribution in [1.29, 1.82) is 0 Å². The number of phenols is 2. The summed E-state index contributed by atoms with van der Waals surface area (Å²) < 4.78 is 36.1. The highest BCUT2D eigenvalue weighted by Crippen LogP contribution is 2.65. The van der Waals surface area contributed by atoms with Gasteiger partial charge in [-0.25, -0.2) is 9.69 Å². The Morgan fingerprint density at radius 1 is 1.04 bits per heavy atom. The molecule has 14 nitrogen and oxygen atoms in total. The minimum atomic E-state index is -1.41. The van der Waals surface area contributed by atoms with Gasteiger partial charge in [0.1, 0.15) is 12.0 Å². The third-order valence-corrected chi connectivity index (χ3v) is 13.4. The van der Waals surface area contributed by atoms with E-state index in [0.29, 0.717) is 64.5 Å². The van der Waals surface area contributed by atoms with E-state index < -0.39 is 53.3 Å². The summed E-state index contributed by atoms with van der Waals surface area (Å²) in [6, 6.07) is 3.67. The van der Waals surface area contributed by atoms with Crippen molar-refractivity contribution in [2.24, 2.45) is 0 Å². The molecule has 0 aliphatic carbocycles. The van der Waals surface area contributed by atoms with Gasteiger partial charge in [0.25, 0.3) is 0 Å². The van der Waals surface area contributed by atoms with Gasteiger partial charge in [0.2, 0.25) is 6.79 Å². The largest absolute Gasteiger partial charge is 0.504 e. The number of ether oxygens (including phenoxy) is 6. The lowest BCUT2D eigenvalue weighted by atomic mass is 9.74. The molecule has 7 aliphatic rings. The second-order valence-electron chi connectivity index (χ2n) is 14.6. The van der Waals surface area contributed by atoms with Crippen LogP contribution in [0.15, 0.2) is 18.2 Å². The first-order chi connectivity index (χ1) is 25.4. The number of carbonyl (C=O) groups excluding carboxylic acids is 2. The molecule has 3 aromatic carbocycles. The lowest BCUT2D eigenvalue weighted by molar-refractivity contribution is -0.228. The van der Waals surface area contributed by atoms with Gasteiger partial charge in [-0.1, -0.05) is 6.07 Å². The zero-order valence-corrected chi connectivity index (χ0v) is 31.0. The molecule has 7 atom stereocenters. The Labute approximate surface area is 309 Å². The van der Waals surface area contributed by atoms with E-state index in [-0.39, 0.29) is 35.5 Å². The molecule has 2 saturated heterocycles. The number of aliphatic hydroxyl groups is 1. The Morgan fingerprint density at radius 3 is 2.55 bits per heavy atom. The van der Waals surface area contributed by atoms with E-state index >= 15 is 4.79 Å². The van der Waals surface area contributed by atoms with Crippen molar-refractivity contribution in [2.45, 2.75) is 75.0 Å². The summed E-state index contributed by atoms with van der Waals surface area (Å²) in [6.45, 7) is 5.32. The molecule has 1 spiro atoms.